The smallest absolute Gasteiger partial charge is 0.259 e. The van der Waals surface area contributed by atoms with Crippen LogP contribution >= 0.6 is 34.8 Å². The molecule has 1 amide bonds. The Kier molecular flexibility index (Phi) is 5.54. The Morgan fingerprint density at radius 1 is 1.00 bits per heavy atom. The van der Waals surface area contributed by atoms with Crippen LogP contribution in [0.2, 0.25) is 15.1 Å². The highest BCUT2D eigenvalue weighted by atomic mass is 35.5. The fourth-order valence-corrected chi connectivity index (χ4v) is 3.94. The molecule has 5 nitrogen and oxygen atoms in total. The van der Waals surface area contributed by atoms with Crippen molar-refractivity contribution >= 4 is 52.4 Å². The van der Waals surface area contributed by atoms with Crippen LogP contribution in [-0.4, -0.2) is 21.7 Å². The van der Waals surface area contributed by atoms with Crippen molar-refractivity contribution in [1.82, 2.24) is 9.97 Å². The number of carbonyl (C=O) groups is 2. The molecule has 29 heavy (non-hydrogen) atoms. The highest BCUT2D eigenvalue weighted by Crippen LogP contribution is 2.32. The Labute approximate surface area is 182 Å². The number of fused-ring (bicyclic) bond motifs is 1. The van der Waals surface area contributed by atoms with Gasteiger partial charge in [0.1, 0.15) is 0 Å². The van der Waals surface area contributed by atoms with Crippen LogP contribution in [0.1, 0.15) is 44.3 Å². The minimum atomic E-state index is -0.456. The van der Waals surface area contributed by atoms with Crippen LogP contribution in [0.3, 0.4) is 0 Å². The number of amides is 1. The van der Waals surface area contributed by atoms with Gasteiger partial charge in [-0.1, -0.05) is 46.9 Å². The van der Waals surface area contributed by atoms with E-state index in [1.54, 1.807) is 18.2 Å². The van der Waals surface area contributed by atoms with Gasteiger partial charge in [-0.05, 0) is 48.2 Å². The number of ketones is 1. The van der Waals surface area contributed by atoms with E-state index in [1.165, 1.54) is 18.3 Å². The normalized spacial score (nSPS) is 15.7. The summed E-state index contributed by atoms with van der Waals surface area (Å²) in [4.78, 5) is 33.6. The summed E-state index contributed by atoms with van der Waals surface area (Å²) in [6, 6.07) is 12.0. The molecule has 0 aliphatic heterocycles. The molecule has 1 aliphatic rings. The van der Waals surface area contributed by atoms with Crippen molar-refractivity contribution < 1.29 is 9.59 Å². The van der Waals surface area contributed by atoms with E-state index in [2.05, 4.69) is 15.3 Å². The lowest BCUT2D eigenvalue weighted by Gasteiger charge is -2.23. The maximum absolute atomic E-state index is 12.5. The number of benzene rings is 2. The van der Waals surface area contributed by atoms with Crippen LogP contribution in [-0.2, 0) is 6.42 Å². The summed E-state index contributed by atoms with van der Waals surface area (Å²) in [6.45, 7) is 0. The third-order valence-corrected chi connectivity index (χ3v) is 5.58. The lowest BCUT2D eigenvalue weighted by molar-refractivity contribution is 0.0962. The lowest BCUT2D eigenvalue weighted by atomic mass is 9.82. The summed E-state index contributed by atoms with van der Waals surface area (Å²) in [5.41, 5.74) is 2.37. The van der Waals surface area contributed by atoms with E-state index in [0.29, 0.717) is 34.1 Å². The molecule has 0 spiro atoms. The van der Waals surface area contributed by atoms with E-state index < -0.39 is 5.91 Å². The SMILES string of the molecule is O=C(Nc1ncc2c(n1)C[C@@H](c1ccc(Cl)cc1)CC2=O)c1ccc(Cl)cc1Cl. The molecule has 0 unspecified atom stereocenters. The van der Waals surface area contributed by atoms with Gasteiger partial charge in [0, 0.05) is 22.7 Å². The Balaban J connectivity index is 1.58. The summed E-state index contributed by atoms with van der Waals surface area (Å²) in [5, 5.41) is 3.93. The lowest BCUT2D eigenvalue weighted by Crippen LogP contribution is -2.22. The molecule has 1 aromatic heterocycles. The molecular weight excluding hydrogens is 433 g/mol. The second-order valence-electron chi connectivity index (χ2n) is 6.71. The average molecular weight is 447 g/mol. The largest absolute Gasteiger partial charge is 0.294 e. The van der Waals surface area contributed by atoms with Crippen LogP contribution in [0.5, 0.6) is 0 Å². The molecule has 3 aromatic rings. The minimum Gasteiger partial charge on any atom is -0.294 e. The van der Waals surface area contributed by atoms with Gasteiger partial charge in [-0.2, -0.15) is 0 Å². The first-order valence-electron chi connectivity index (χ1n) is 8.81. The molecule has 1 aliphatic carbocycles. The molecule has 2 aromatic carbocycles. The summed E-state index contributed by atoms with van der Waals surface area (Å²) >= 11 is 17.9. The van der Waals surface area contributed by atoms with Crippen molar-refractivity contribution in [3.8, 4) is 0 Å². The van der Waals surface area contributed by atoms with E-state index in [-0.39, 0.29) is 28.2 Å². The second kappa shape index (κ2) is 8.11. The Morgan fingerprint density at radius 2 is 1.72 bits per heavy atom. The van der Waals surface area contributed by atoms with Crippen LogP contribution in [0, 0.1) is 0 Å². The Bertz CT molecular complexity index is 1120. The zero-order chi connectivity index (χ0) is 20.5. The summed E-state index contributed by atoms with van der Waals surface area (Å²) in [7, 11) is 0. The first-order chi connectivity index (χ1) is 13.9. The monoisotopic (exact) mass is 445 g/mol. The van der Waals surface area contributed by atoms with E-state index >= 15 is 0 Å². The maximum atomic E-state index is 12.5. The van der Waals surface area contributed by atoms with Crippen LogP contribution in [0.25, 0.3) is 0 Å². The second-order valence-corrected chi connectivity index (χ2v) is 7.99. The minimum absolute atomic E-state index is 0.00331. The van der Waals surface area contributed by atoms with E-state index in [0.717, 1.165) is 5.56 Å². The predicted molar refractivity (Wildman–Crippen MR) is 113 cm³/mol. The van der Waals surface area contributed by atoms with Gasteiger partial charge >= 0.3 is 0 Å². The number of anilines is 1. The highest BCUT2D eigenvalue weighted by molar-refractivity contribution is 6.37. The number of rotatable bonds is 3. The molecule has 0 saturated heterocycles. The van der Waals surface area contributed by atoms with Crippen LogP contribution in [0.4, 0.5) is 5.95 Å². The summed E-state index contributed by atoms with van der Waals surface area (Å²) < 4.78 is 0. The number of hydrogen-bond acceptors (Lipinski definition) is 4. The average Bonchev–Trinajstić information content (AvgIpc) is 2.68. The van der Waals surface area contributed by atoms with Gasteiger partial charge in [-0.3, -0.25) is 14.9 Å². The fourth-order valence-electron chi connectivity index (χ4n) is 3.32. The molecule has 1 heterocycles. The fraction of sp³-hybridized carbons (Fsp3) is 0.143. The summed E-state index contributed by atoms with van der Waals surface area (Å²) in [6.07, 6.45) is 2.40. The van der Waals surface area contributed by atoms with Gasteiger partial charge in [0.2, 0.25) is 5.95 Å². The Morgan fingerprint density at radius 3 is 2.45 bits per heavy atom. The van der Waals surface area contributed by atoms with Gasteiger partial charge in [-0.15, -0.1) is 0 Å². The van der Waals surface area contributed by atoms with Crippen LogP contribution < -0.4 is 5.32 Å². The van der Waals surface area contributed by atoms with Gasteiger partial charge in [0.05, 0.1) is 21.8 Å². The quantitative estimate of drug-likeness (QED) is 0.568. The zero-order valence-electron chi connectivity index (χ0n) is 15.0. The number of carbonyl (C=O) groups excluding carboxylic acids is 2. The number of nitrogens with one attached hydrogen (secondary N) is 1. The molecule has 0 saturated carbocycles. The number of aromatic nitrogens is 2. The molecule has 146 valence electrons. The summed E-state index contributed by atoms with van der Waals surface area (Å²) in [5.74, 6) is -0.367. The third-order valence-electron chi connectivity index (χ3n) is 4.78. The number of nitrogens with zero attached hydrogens (tertiary/aromatic N) is 2. The van der Waals surface area contributed by atoms with Crippen molar-refractivity contribution in [2.45, 2.75) is 18.8 Å². The first kappa shape index (κ1) is 19.8. The molecule has 4 rings (SSSR count). The van der Waals surface area contributed by atoms with Crippen molar-refractivity contribution in [2.75, 3.05) is 5.32 Å². The van der Waals surface area contributed by atoms with Gasteiger partial charge < -0.3 is 0 Å². The topological polar surface area (TPSA) is 72.0 Å². The third kappa shape index (κ3) is 4.27. The van der Waals surface area contributed by atoms with Gasteiger partial charge in [-0.25, -0.2) is 9.97 Å². The van der Waals surface area contributed by atoms with E-state index in [4.69, 9.17) is 34.8 Å². The molecule has 1 atom stereocenters. The maximum Gasteiger partial charge on any atom is 0.259 e. The van der Waals surface area contributed by atoms with Crippen molar-refractivity contribution in [2.24, 2.45) is 0 Å². The molecule has 0 bridgehead atoms. The van der Waals surface area contributed by atoms with Crippen molar-refractivity contribution in [3.05, 3.63) is 86.1 Å². The molecule has 0 fully saturated rings. The van der Waals surface area contributed by atoms with Crippen LogP contribution in [0.15, 0.2) is 48.7 Å². The molecular formula is C21H14Cl3N3O2. The van der Waals surface area contributed by atoms with Crippen molar-refractivity contribution in [1.29, 1.82) is 0 Å². The van der Waals surface area contributed by atoms with E-state index in [9.17, 15) is 9.59 Å². The molecule has 1 N–H and O–H groups in total. The highest BCUT2D eigenvalue weighted by Gasteiger charge is 2.28. The van der Waals surface area contributed by atoms with E-state index in [1.807, 2.05) is 12.1 Å². The van der Waals surface area contributed by atoms with Gasteiger partial charge in [0.25, 0.3) is 5.91 Å². The standard InChI is InChI=1S/C21H14Cl3N3O2/c22-13-3-1-11(2-4-13)12-7-18-16(19(28)8-12)10-25-21(26-18)27-20(29)15-6-5-14(23)9-17(15)24/h1-6,9-10,12H,7-8H2,(H,25,26,27,29)/t12-/m1/s1. The number of halogens is 3. The first-order valence-corrected chi connectivity index (χ1v) is 9.95. The number of Topliss-reactive ketones (excluding diaryl/α,β-unsaturated/α-hetero) is 1. The predicted octanol–water partition coefficient (Wildman–Crippen LogP) is 5.60. The Hall–Kier alpha value is -2.47. The molecule has 8 heteroatoms. The number of hydrogen-bond donors (Lipinski definition) is 1. The zero-order valence-corrected chi connectivity index (χ0v) is 17.2. The van der Waals surface area contributed by atoms with Crippen molar-refractivity contribution in [3.63, 3.8) is 0 Å². The molecule has 0 radical (unpaired) electrons. The van der Waals surface area contributed by atoms with Gasteiger partial charge in [0.15, 0.2) is 5.78 Å².